The molecule has 6 heterocycles. The Hall–Kier alpha value is -3.89. The second kappa shape index (κ2) is 8.15. The summed E-state index contributed by atoms with van der Waals surface area (Å²) < 4.78 is 7.44. The van der Waals surface area contributed by atoms with E-state index in [2.05, 4.69) is 42.8 Å². The summed E-state index contributed by atoms with van der Waals surface area (Å²) in [4.78, 5) is 28.1. The summed E-state index contributed by atoms with van der Waals surface area (Å²) >= 11 is 0. The maximum atomic E-state index is 11.9. The van der Waals surface area contributed by atoms with E-state index >= 15 is 0 Å². The van der Waals surface area contributed by atoms with E-state index in [1.165, 1.54) is 0 Å². The summed E-state index contributed by atoms with van der Waals surface area (Å²) in [6.07, 6.45) is 5.41. The summed E-state index contributed by atoms with van der Waals surface area (Å²) in [6, 6.07) is 0. The van der Waals surface area contributed by atoms with E-state index < -0.39 is 0 Å². The first-order chi connectivity index (χ1) is 16.6. The van der Waals surface area contributed by atoms with Gasteiger partial charge in [-0.2, -0.15) is 5.10 Å². The van der Waals surface area contributed by atoms with Gasteiger partial charge in [0, 0.05) is 49.1 Å². The SMILES string of the molecule is Cc1c(N2CCc3cnc(Nc4nn5c(c4C)CCNC(=O)C5)nc3C2)cnc2c1NCCO2. The van der Waals surface area contributed by atoms with Crippen molar-refractivity contribution in [3.63, 3.8) is 0 Å². The number of carbonyl (C=O) groups excluding carboxylic acids is 1. The molecular formula is C23H27N9O2. The van der Waals surface area contributed by atoms with Crippen LogP contribution in [-0.4, -0.2) is 56.9 Å². The van der Waals surface area contributed by atoms with Crippen LogP contribution in [0.1, 0.15) is 28.1 Å². The molecular weight excluding hydrogens is 434 g/mol. The molecule has 0 radical (unpaired) electrons. The molecule has 11 nitrogen and oxygen atoms in total. The normalized spacial score (nSPS) is 16.9. The van der Waals surface area contributed by atoms with Gasteiger partial charge in [0.05, 0.1) is 24.1 Å². The average molecular weight is 462 g/mol. The highest BCUT2D eigenvalue weighted by Gasteiger charge is 2.25. The van der Waals surface area contributed by atoms with Gasteiger partial charge < -0.3 is 25.6 Å². The van der Waals surface area contributed by atoms with E-state index in [4.69, 9.17) is 9.72 Å². The molecule has 0 atom stereocenters. The van der Waals surface area contributed by atoms with Crippen molar-refractivity contribution >= 4 is 29.0 Å². The van der Waals surface area contributed by atoms with Crippen molar-refractivity contribution in [3.8, 4) is 5.88 Å². The minimum Gasteiger partial charge on any atom is -0.474 e. The molecule has 0 fully saturated rings. The summed E-state index contributed by atoms with van der Waals surface area (Å²) in [5.74, 6) is 1.85. The van der Waals surface area contributed by atoms with E-state index in [-0.39, 0.29) is 12.5 Å². The van der Waals surface area contributed by atoms with E-state index in [0.717, 1.165) is 65.4 Å². The quantitative estimate of drug-likeness (QED) is 0.532. The van der Waals surface area contributed by atoms with Crippen molar-refractivity contribution in [1.29, 1.82) is 0 Å². The minimum atomic E-state index is -0.0216. The number of aromatic nitrogens is 5. The summed E-state index contributed by atoms with van der Waals surface area (Å²) in [5.41, 5.74) is 7.41. The van der Waals surface area contributed by atoms with Gasteiger partial charge in [-0.25, -0.2) is 15.0 Å². The number of nitrogens with one attached hydrogen (secondary N) is 3. The van der Waals surface area contributed by atoms with E-state index in [0.29, 0.717) is 37.3 Å². The third-order valence-corrected chi connectivity index (χ3v) is 6.73. The van der Waals surface area contributed by atoms with Gasteiger partial charge in [0.15, 0.2) is 5.82 Å². The number of nitrogens with zero attached hydrogens (tertiary/aromatic N) is 6. The molecule has 1 amide bonds. The molecule has 0 aromatic carbocycles. The Morgan fingerprint density at radius 1 is 1.06 bits per heavy atom. The molecule has 3 aliphatic heterocycles. The number of hydrogen-bond donors (Lipinski definition) is 3. The first kappa shape index (κ1) is 20.7. The zero-order valence-electron chi connectivity index (χ0n) is 19.3. The number of amides is 1. The Morgan fingerprint density at radius 3 is 2.88 bits per heavy atom. The lowest BCUT2D eigenvalue weighted by Crippen LogP contribution is -2.32. The van der Waals surface area contributed by atoms with Crippen molar-refractivity contribution in [2.45, 2.75) is 39.8 Å². The zero-order chi connectivity index (χ0) is 23.2. The fraction of sp³-hybridized carbons (Fsp3) is 0.435. The first-order valence-electron chi connectivity index (χ1n) is 11.6. The second-order valence-corrected chi connectivity index (χ2v) is 8.86. The van der Waals surface area contributed by atoms with Crippen LogP contribution in [-0.2, 0) is 30.7 Å². The van der Waals surface area contributed by atoms with Crippen LogP contribution in [0.2, 0.25) is 0 Å². The van der Waals surface area contributed by atoms with Crippen LogP contribution in [0.3, 0.4) is 0 Å². The molecule has 3 aromatic rings. The standard InChI is InChI=1S/C23H27N9O2/c1-13-18(10-26-22-20(13)25-6-8-34-22)31-7-4-15-9-27-23(28-16(15)11-31)29-21-14(2)17-3-5-24-19(33)12-32(17)30-21/h9-10,25H,3-8,11-12H2,1-2H3,(H,24,33)(H,27,28,29,30). The van der Waals surface area contributed by atoms with Gasteiger partial charge in [-0.3, -0.25) is 9.48 Å². The lowest BCUT2D eigenvalue weighted by atomic mass is 10.0. The zero-order valence-corrected chi connectivity index (χ0v) is 19.3. The molecule has 0 spiro atoms. The Labute approximate surface area is 196 Å². The molecule has 3 N–H and O–H groups in total. The van der Waals surface area contributed by atoms with Gasteiger partial charge in [0.1, 0.15) is 18.8 Å². The minimum absolute atomic E-state index is 0.0216. The van der Waals surface area contributed by atoms with Crippen LogP contribution in [0.25, 0.3) is 0 Å². The van der Waals surface area contributed by atoms with Gasteiger partial charge in [-0.1, -0.05) is 0 Å². The van der Waals surface area contributed by atoms with E-state index in [9.17, 15) is 4.79 Å². The van der Waals surface area contributed by atoms with Crippen LogP contribution in [0, 0.1) is 13.8 Å². The van der Waals surface area contributed by atoms with Crippen molar-refractivity contribution in [1.82, 2.24) is 30.0 Å². The fourth-order valence-corrected chi connectivity index (χ4v) is 4.87. The number of carbonyl (C=O) groups is 1. The molecule has 11 heteroatoms. The predicted octanol–water partition coefficient (Wildman–Crippen LogP) is 1.47. The fourth-order valence-electron chi connectivity index (χ4n) is 4.87. The molecule has 0 saturated carbocycles. The third-order valence-electron chi connectivity index (χ3n) is 6.73. The molecule has 0 aliphatic carbocycles. The highest BCUT2D eigenvalue weighted by Crippen LogP contribution is 2.36. The smallest absolute Gasteiger partial charge is 0.241 e. The van der Waals surface area contributed by atoms with Gasteiger partial charge in [0.2, 0.25) is 17.7 Å². The Balaban J connectivity index is 1.25. The van der Waals surface area contributed by atoms with E-state index in [1.807, 2.05) is 19.3 Å². The van der Waals surface area contributed by atoms with Crippen molar-refractivity contribution in [3.05, 3.63) is 40.5 Å². The highest BCUT2D eigenvalue weighted by molar-refractivity contribution is 5.76. The number of pyridine rings is 1. The summed E-state index contributed by atoms with van der Waals surface area (Å²) in [7, 11) is 0. The Kier molecular flexibility index (Phi) is 4.96. The number of anilines is 4. The maximum absolute atomic E-state index is 11.9. The van der Waals surface area contributed by atoms with Crippen LogP contribution >= 0.6 is 0 Å². The molecule has 0 bridgehead atoms. The van der Waals surface area contributed by atoms with E-state index in [1.54, 1.807) is 4.68 Å². The Morgan fingerprint density at radius 2 is 1.97 bits per heavy atom. The van der Waals surface area contributed by atoms with Gasteiger partial charge >= 0.3 is 0 Å². The van der Waals surface area contributed by atoms with Crippen LogP contribution in [0.15, 0.2) is 12.4 Å². The summed E-state index contributed by atoms with van der Waals surface area (Å²) in [5, 5.41) is 14.2. The number of fused-ring (bicyclic) bond motifs is 3. The molecule has 34 heavy (non-hydrogen) atoms. The van der Waals surface area contributed by atoms with Gasteiger partial charge in [-0.05, 0) is 25.8 Å². The third kappa shape index (κ3) is 3.57. The largest absolute Gasteiger partial charge is 0.474 e. The molecule has 0 unspecified atom stereocenters. The molecule has 6 rings (SSSR count). The van der Waals surface area contributed by atoms with Crippen molar-refractivity contribution < 1.29 is 9.53 Å². The second-order valence-electron chi connectivity index (χ2n) is 8.86. The highest BCUT2D eigenvalue weighted by atomic mass is 16.5. The average Bonchev–Trinajstić information content (AvgIpc) is 3.00. The van der Waals surface area contributed by atoms with Crippen molar-refractivity contribution in [2.75, 3.05) is 41.8 Å². The molecule has 0 saturated heterocycles. The lowest BCUT2D eigenvalue weighted by molar-refractivity contribution is -0.121. The van der Waals surface area contributed by atoms with Crippen LogP contribution < -0.4 is 25.6 Å². The van der Waals surface area contributed by atoms with Crippen molar-refractivity contribution in [2.24, 2.45) is 0 Å². The monoisotopic (exact) mass is 461 g/mol. The molecule has 3 aliphatic rings. The Bertz CT molecular complexity index is 1290. The molecule has 3 aromatic heterocycles. The topological polar surface area (TPSA) is 122 Å². The summed E-state index contributed by atoms with van der Waals surface area (Å²) in [6.45, 7) is 7.93. The van der Waals surface area contributed by atoms with Gasteiger partial charge in [0.25, 0.3) is 0 Å². The predicted molar refractivity (Wildman–Crippen MR) is 127 cm³/mol. The van der Waals surface area contributed by atoms with Gasteiger partial charge in [-0.15, -0.1) is 0 Å². The molecule has 176 valence electrons. The lowest BCUT2D eigenvalue weighted by Gasteiger charge is -2.32. The first-order valence-corrected chi connectivity index (χ1v) is 11.6. The number of hydrogen-bond acceptors (Lipinski definition) is 9. The van der Waals surface area contributed by atoms with Crippen LogP contribution in [0.4, 0.5) is 23.1 Å². The number of ether oxygens (including phenoxy) is 1. The maximum Gasteiger partial charge on any atom is 0.241 e. The number of rotatable bonds is 3. The van der Waals surface area contributed by atoms with Crippen LogP contribution in [0.5, 0.6) is 5.88 Å².